The molecule has 2 nitrogen and oxygen atoms in total. The van der Waals surface area contributed by atoms with Gasteiger partial charge in [0, 0.05) is 19.1 Å². The van der Waals surface area contributed by atoms with Crippen LogP contribution in [0, 0.1) is 5.92 Å². The minimum Gasteiger partial charge on any atom is -0.313 e. The molecule has 16 heavy (non-hydrogen) atoms. The lowest BCUT2D eigenvalue weighted by molar-refractivity contribution is -0.186. The van der Waals surface area contributed by atoms with Crippen molar-refractivity contribution in [1.82, 2.24) is 10.2 Å². The van der Waals surface area contributed by atoms with Crippen LogP contribution in [-0.2, 0) is 0 Å². The van der Waals surface area contributed by atoms with Gasteiger partial charge in [-0.15, -0.1) is 0 Å². The molecule has 0 radical (unpaired) electrons. The Morgan fingerprint density at radius 3 is 2.62 bits per heavy atom. The Hall–Kier alpha value is -0.290. The molecule has 2 saturated heterocycles. The Labute approximate surface area is 94.2 Å². The molecule has 2 aliphatic heterocycles. The maximum Gasteiger partial charge on any atom is 0.393 e. The Bertz CT molecular complexity index is 224. The quantitative estimate of drug-likeness (QED) is 0.789. The number of halogens is 3. The zero-order valence-corrected chi connectivity index (χ0v) is 9.39. The number of rotatable bonds is 2. The fourth-order valence-corrected chi connectivity index (χ4v) is 2.71. The summed E-state index contributed by atoms with van der Waals surface area (Å²) in [5.74, 6) is -1.11. The van der Waals surface area contributed by atoms with Crippen molar-refractivity contribution in [3.63, 3.8) is 0 Å². The summed E-state index contributed by atoms with van der Waals surface area (Å²) >= 11 is 0. The van der Waals surface area contributed by atoms with Crippen LogP contribution in [0.2, 0.25) is 0 Å². The van der Waals surface area contributed by atoms with Crippen LogP contribution in [0.1, 0.15) is 25.7 Å². The molecule has 2 rings (SSSR count). The van der Waals surface area contributed by atoms with Gasteiger partial charge in [0.25, 0.3) is 0 Å². The van der Waals surface area contributed by atoms with E-state index < -0.39 is 12.1 Å². The summed E-state index contributed by atoms with van der Waals surface area (Å²) in [5.41, 5.74) is 0. The van der Waals surface area contributed by atoms with Crippen molar-refractivity contribution in [1.29, 1.82) is 0 Å². The molecular weight excluding hydrogens is 217 g/mol. The van der Waals surface area contributed by atoms with Gasteiger partial charge in [0.1, 0.15) is 0 Å². The SMILES string of the molecule is FC(F)(F)C1CCCN(C[C@H]2CCCN2)C1. The van der Waals surface area contributed by atoms with Crippen LogP contribution in [0.4, 0.5) is 13.2 Å². The minimum atomic E-state index is -4.01. The molecule has 0 amide bonds. The molecule has 0 spiro atoms. The van der Waals surface area contributed by atoms with Crippen molar-refractivity contribution in [3.8, 4) is 0 Å². The Kier molecular flexibility index (Phi) is 3.74. The highest BCUT2D eigenvalue weighted by molar-refractivity contribution is 4.83. The summed E-state index contributed by atoms with van der Waals surface area (Å²) < 4.78 is 37.8. The van der Waals surface area contributed by atoms with E-state index >= 15 is 0 Å². The average Bonchev–Trinajstić information content (AvgIpc) is 2.70. The molecule has 2 heterocycles. The number of hydrogen-bond acceptors (Lipinski definition) is 2. The standard InChI is InChI=1S/C11H19F3N2/c12-11(13,14)9-3-2-6-16(7-9)8-10-4-1-5-15-10/h9-10,15H,1-8H2/t9?,10-/m1/s1. The molecular formula is C11H19F3N2. The van der Waals surface area contributed by atoms with Gasteiger partial charge in [0.2, 0.25) is 0 Å². The third kappa shape index (κ3) is 3.10. The van der Waals surface area contributed by atoms with E-state index in [-0.39, 0.29) is 6.54 Å². The molecule has 0 aliphatic carbocycles. The minimum absolute atomic E-state index is 0.196. The topological polar surface area (TPSA) is 15.3 Å². The highest BCUT2D eigenvalue weighted by Crippen LogP contribution is 2.33. The Morgan fingerprint density at radius 1 is 1.19 bits per heavy atom. The summed E-state index contributed by atoms with van der Waals surface area (Å²) in [5, 5.41) is 3.33. The van der Waals surface area contributed by atoms with Crippen molar-refractivity contribution >= 4 is 0 Å². The summed E-state index contributed by atoms with van der Waals surface area (Å²) in [6.07, 6.45) is -0.773. The van der Waals surface area contributed by atoms with Gasteiger partial charge in [-0.05, 0) is 38.8 Å². The van der Waals surface area contributed by atoms with E-state index in [0.29, 0.717) is 18.9 Å². The second kappa shape index (κ2) is 4.92. The second-order valence-corrected chi connectivity index (χ2v) is 4.93. The van der Waals surface area contributed by atoms with Crippen LogP contribution < -0.4 is 5.32 Å². The van der Waals surface area contributed by atoms with Crippen LogP contribution in [0.5, 0.6) is 0 Å². The third-order valence-corrected chi connectivity index (χ3v) is 3.61. The lowest BCUT2D eigenvalue weighted by Crippen LogP contribution is -2.46. The fourth-order valence-electron chi connectivity index (χ4n) is 2.71. The first kappa shape index (κ1) is 12.2. The average molecular weight is 236 g/mol. The molecule has 2 atom stereocenters. The molecule has 0 saturated carbocycles. The van der Waals surface area contributed by atoms with E-state index in [1.165, 1.54) is 0 Å². The largest absolute Gasteiger partial charge is 0.393 e. The normalized spacial score (nSPS) is 33.2. The molecule has 1 N–H and O–H groups in total. The van der Waals surface area contributed by atoms with Crippen LogP contribution in [-0.4, -0.2) is 43.3 Å². The molecule has 94 valence electrons. The van der Waals surface area contributed by atoms with Crippen molar-refractivity contribution in [2.45, 2.75) is 37.9 Å². The number of nitrogens with zero attached hydrogens (tertiary/aromatic N) is 1. The predicted molar refractivity (Wildman–Crippen MR) is 56.2 cm³/mol. The zero-order valence-electron chi connectivity index (χ0n) is 9.39. The number of piperidine rings is 1. The van der Waals surface area contributed by atoms with Crippen molar-refractivity contribution in [3.05, 3.63) is 0 Å². The lowest BCUT2D eigenvalue weighted by atomic mass is 9.97. The fraction of sp³-hybridized carbons (Fsp3) is 1.00. The molecule has 0 aromatic carbocycles. The van der Waals surface area contributed by atoms with Gasteiger partial charge in [0.05, 0.1) is 5.92 Å². The van der Waals surface area contributed by atoms with Crippen LogP contribution in [0.25, 0.3) is 0 Å². The second-order valence-electron chi connectivity index (χ2n) is 4.93. The van der Waals surface area contributed by atoms with Gasteiger partial charge in [0.15, 0.2) is 0 Å². The van der Waals surface area contributed by atoms with E-state index in [0.717, 1.165) is 32.5 Å². The highest BCUT2D eigenvalue weighted by Gasteiger charge is 2.41. The van der Waals surface area contributed by atoms with E-state index in [9.17, 15) is 13.2 Å². The van der Waals surface area contributed by atoms with Crippen molar-refractivity contribution in [2.24, 2.45) is 5.92 Å². The smallest absolute Gasteiger partial charge is 0.313 e. The number of hydrogen-bond donors (Lipinski definition) is 1. The highest BCUT2D eigenvalue weighted by atomic mass is 19.4. The van der Waals surface area contributed by atoms with Crippen LogP contribution in [0.15, 0.2) is 0 Å². The first-order valence-electron chi connectivity index (χ1n) is 6.08. The number of likely N-dealkylation sites (tertiary alicyclic amines) is 1. The predicted octanol–water partition coefficient (Wildman–Crippen LogP) is 2.01. The summed E-state index contributed by atoms with van der Waals surface area (Å²) in [7, 11) is 0. The van der Waals surface area contributed by atoms with Gasteiger partial charge >= 0.3 is 6.18 Å². The lowest BCUT2D eigenvalue weighted by Gasteiger charge is -2.35. The number of alkyl halides is 3. The molecule has 2 aliphatic rings. The zero-order chi connectivity index (χ0) is 11.6. The first-order valence-corrected chi connectivity index (χ1v) is 6.08. The van der Waals surface area contributed by atoms with Gasteiger partial charge in [-0.2, -0.15) is 13.2 Å². The number of nitrogens with one attached hydrogen (secondary N) is 1. The Morgan fingerprint density at radius 2 is 2.00 bits per heavy atom. The van der Waals surface area contributed by atoms with E-state index in [2.05, 4.69) is 5.32 Å². The van der Waals surface area contributed by atoms with E-state index in [4.69, 9.17) is 0 Å². The molecule has 0 aromatic heterocycles. The maximum absolute atomic E-state index is 12.6. The van der Waals surface area contributed by atoms with E-state index in [1.54, 1.807) is 0 Å². The summed E-state index contributed by atoms with van der Waals surface area (Å²) in [4.78, 5) is 1.98. The molecule has 2 fully saturated rings. The van der Waals surface area contributed by atoms with Crippen molar-refractivity contribution in [2.75, 3.05) is 26.2 Å². The van der Waals surface area contributed by atoms with E-state index in [1.807, 2.05) is 4.90 Å². The summed E-state index contributed by atoms with van der Waals surface area (Å²) in [6, 6.07) is 0.409. The first-order chi connectivity index (χ1) is 7.55. The molecule has 5 heteroatoms. The van der Waals surface area contributed by atoms with Crippen LogP contribution >= 0.6 is 0 Å². The van der Waals surface area contributed by atoms with Gasteiger partial charge < -0.3 is 10.2 Å². The summed E-state index contributed by atoms with van der Waals surface area (Å²) in [6.45, 7) is 2.82. The Balaban J connectivity index is 1.81. The van der Waals surface area contributed by atoms with Gasteiger partial charge in [-0.1, -0.05) is 0 Å². The van der Waals surface area contributed by atoms with Gasteiger partial charge in [-0.3, -0.25) is 0 Å². The molecule has 0 aromatic rings. The maximum atomic E-state index is 12.6. The third-order valence-electron chi connectivity index (χ3n) is 3.61. The van der Waals surface area contributed by atoms with Crippen molar-refractivity contribution < 1.29 is 13.2 Å². The molecule has 1 unspecified atom stereocenters. The van der Waals surface area contributed by atoms with Crippen LogP contribution in [0.3, 0.4) is 0 Å². The molecule has 0 bridgehead atoms. The van der Waals surface area contributed by atoms with Gasteiger partial charge in [-0.25, -0.2) is 0 Å². The monoisotopic (exact) mass is 236 g/mol.